The van der Waals surface area contributed by atoms with Crippen LogP contribution >= 0.6 is 0 Å². The minimum absolute atomic E-state index is 0.0222. The van der Waals surface area contributed by atoms with Crippen molar-refractivity contribution in [3.05, 3.63) is 0 Å². The smallest absolute Gasteiger partial charge is 0.402 e. The van der Waals surface area contributed by atoms with Crippen molar-refractivity contribution >= 4 is 7.32 Å². The Morgan fingerprint density at radius 2 is 2.13 bits per heavy atom. The van der Waals surface area contributed by atoms with E-state index in [1.165, 1.54) is 0 Å². The van der Waals surface area contributed by atoms with E-state index in [2.05, 4.69) is 9.97 Å². The molecule has 8 heteroatoms. The topological polar surface area (TPSA) is 111 Å². The highest BCUT2D eigenvalue weighted by molar-refractivity contribution is 6.35. The molecule has 0 bridgehead atoms. The van der Waals surface area contributed by atoms with E-state index in [-0.39, 0.29) is 13.2 Å². The van der Waals surface area contributed by atoms with Crippen molar-refractivity contribution in [3.8, 4) is 0 Å². The van der Waals surface area contributed by atoms with Gasteiger partial charge in [0.1, 0.15) is 12.2 Å². The third kappa shape index (κ3) is 3.38. The molecule has 0 aromatic heterocycles. The van der Waals surface area contributed by atoms with Gasteiger partial charge in [-0.15, -0.1) is 0 Å². The zero-order chi connectivity index (χ0) is 11.4. The van der Waals surface area contributed by atoms with Crippen LogP contribution in [0.4, 0.5) is 0 Å². The molecular formula is C7H16BNO6. The molecule has 0 aliphatic carbocycles. The first-order chi connectivity index (χ1) is 7.06. The van der Waals surface area contributed by atoms with E-state index < -0.39 is 31.7 Å². The van der Waals surface area contributed by atoms with E-state index in [4.69, 9.17) is 9.68 Å². The molecule has 5 N–H and O–H groups in total. The van der Waals surface area contributed by atoms with Gasteiger partial charge in [0, 0.05) is 6.54 Å². The summed E-state index contributed by atoms with van der Waals surface area (Å²) in [5.41, 5.74) is 0. The van der Waals surface area contributed by atoms with Crippen molar-refractivity contribution in [1.29, 1.82) is 0 Å². The minimum atomic E-state index is -1.38. The molecule has 1 rings (SSSR count). The van der Waals surface area contributed by atoms with E-state index in [0.29, 0.717) is 0 Å². The summed E-state index contributed by atoms with van der Waals surface area (Å²) in [6.07, 6.45) is -4.59. The Morgan fingerprint density at radius 1 is 1.47 bits per heavy atom. The first-order valence-electron chi connectivity index (χ1n) is 4.70. The van der Waals surface area contributed by atoms with Crippen molar-refractivity contribution in [3.63, 3.8) is 0 Å². The van der Waals surface area contributed by atoms with E-state index in [1.807, 2.05) is 0 Å². The minimum Gasteiger partial charge on any atom is -0.402 e. The quantitative estimate of drug-likeness (QED) is 0.309. The predicted molar refractivity (Wildman–Crippen MR) is 50.7 cm³/mol. The number of hydrogen-bond acceptors (Lipinski definition) is 7. The molecule has 0 unspecified atom stereocenters. The first kappa shape index (κ1) is 12.9. The Morgan fingerprint density at radius 3 is 2.60 bits per heavy atom. The van der Waals surface area contributed by atoms with Gasteiger partial charge in [-0.2, -0.15) is 0 Å². The largest absolute Gasteiger partial charge is 0.637 e. The van der Waals surface area contributed by atoms with Gasteiger partial charge in [-0.1, -0.05) is 0 Å². The number of nitrogens with one attached hydrogen (secondary N) is 1. The molecule has 0 spiro atoms. The average molecular weight is 221 g/mol. The maximum absolute atomic E-state index is 9.58. The fourth-order valence-electron chi connectivity index (χ4n) is 1.36. The average Bonchev–Trinajstić information content (AvgIpc) is 2.63. The maximum atomic E-state index is 9.58. The highest BCUT2D eigenvalue weighted by atomic mass is 16.7. The second-order valence-corrected chi connectivity index (χ2v) is 3.42. The van der Waals surface area contributed by atoms with E-state index >= 15 is 0 Å². The number of aliphatic hydroxyl groups excluding tert-OH is 3. The molecule has 1 saturated heterocycles. The fourth-order valence-corrected chi connectivity index (χ4v) is 1.36. The van der Waals surface area contributed by atoms with Gasteiger partial charge in [0.25, 0.3) is 0 Å². The molecule has 1 heterocycles. The summed E-state index contributed by atoms with van der Waals surface area (Å²) >= 11 is 0. The third-order valence-corrected chi connectivity index (χ3v) is 2.23. The number of aliphatic hydroxyl groups is 3. The maximum Gasteiger partial charge on any atom is 0.637 e. The summed E-state index contributed by atoms with van der Waals surface area (Å²) in [7, 11) is 0.236. The molecule has 88 valence electrons. The van der Waals surface area contributed by atoms with Crippen molar-refractivity contribution in [2.75, 3.05) is 20.2 Å². The highest BCUT2D eigenvalue weighted by Crippen LogP contribution is 2.14. The lowest BCUT2D eigenvalue weighted by Crippen LogP contribution is -2.48. The molecule has 15 heavy (non-hydrogen) atoms. The summed E-state index contributed by atoms with van der Waals surface area (Å²) in [6.45, 7) is 0.125. The SMILES string of the molecule is CNC[C@H](O)[C@@H](O)[C@H](O)[C@H]1COB(O)O1. The molecular weight excluding hydrogens is 205 g/mol. The Labute approximate surface area is 87.8 Å². The van der Waals surface area contributed by atoms with Crippen molar-refractivity contribution < 1.29 is 29.7 Å². The van der Waals surface area contributed by atoms with Crippen LogP contribution in [0.5, 0.6) is 0 Å². The Balaban J connectivity index is 2.41. The lowest BCUT2D eigenvalue weighted by Gasteiger charge is -2.26. The van der Waals surface area contributed by atoms with Gasteiger partial charge in [-0.05, 0) is 7.05 Å². The van der Waals surface area contributed by atoms with Crippen molar-refractivity contribution in [1.82, 2.24) is 5.32 Å². The summed E-state index contributed by atoms with van der Waals surface area (Å²) in [5.74, 6) is 0. The molecule has 1 fully saturated rings. The monoisotopic (exact) mass is 221 g/mol. The summed E-state index contributed by atoms with van der Waals surface area (Å²) in [4.78, 5) is 0. The number of hydrogen-bond donors (Lipinski definition) is 5. The normalized spacial score (nSPS) is 27.8. The summed E-state index contributed by atoms with van der Waals surface area (Å²) < 4.78 is 9.41. The fraction of sp³-hybridized carbons (Fsp3) is 1.00. The van der Waals surface area contributed by atoms with Gasteiger partial charge in [0.2, 0.25) is 0 Å². The van der Waals surface area contributed by atoms with E-state index in [0.717, 1.165) is 0 Å². The van der Waals surface area contributed by atoms with Crippen LogP contribution in [-0.2, 0) is 9.31 Å². The molecule has 1 aliphatic heterocycles. The van der Waals surface area contributed by atoms with E-state index in [9.17, 15) is 15.3 Å². The summed E-state index contributed by atoms with van der Waals surface area (Å²) in [6, 6.07) is 0. The third-order valence-electron chi connectivity index (χ3n) is 2.23. The van der Waals surface area contributed by atoms with Gasteiger partial charge < -0.3 is 35.0 Å². The van der Waals surface area contributed by atoms with Crippen molar-refractivity contribution in [2.24, 2.45) is 0 Å². The lowest BCUT2D eigenvalue weighted by atomic mass is 10.0. The first-order valence-corrected chi connectivity index (χ1v) is 4.70. The molecule has 1 aliphatic rings. The Bertz CT molecular complexity index is 196. The zero-order valence-electron chi connectivity index (χ0n) is 8.41. The van der Waals surface area contributed by atoms with Gasteiger partial charge in [0.05, 0.1) is 18.8 Å². The standard InChI is InChI=1S/C7H16BNO6/c1-9-2-4(10)6(11)7(12)5-3-14-8(13)15-5/h4-7,9-13H,2-3H2,1H3/t4-,5+,6+,7+/m0/s1. The van der Waals surface area contributed by atoms with Crippen molar-refractivity contribution in [2.45, 2.75) is 24.4 Å². The molecule has 0 amide bonds. The molecule has 0 radical (unpaired) electrons. The molecule has 0 aromatic rings. The predicted octanol–water partition coefficient (Wildman–Crippen LogP) is -3.32. The Kier molecular flexibility index (Phi) is 4.93. The number of likely N-dealkylation sites (N-methyl/N-ethyl adjacent to an activating group) is 1. The van der Waals surface area contributed by atoms with Crippen LogP contribution < -0.4 is 5.32 Å². The van der Waals surface area contributed by atoms with E-state index in [1.54, 1.807) is 7.05 Å². The van der Waals surface area contributed by atoms with Gasteiger partial charge in [-0.3, -0.25) is 0 Å². The van der Waals surface area contributed by atoms with Gasteiger partial charge >= 0.3 is 7.32 Å². The Hall–Kier alpha value is -0.215. The van der Waals surface area contributed by atoms with Crippen LogP contribution in [0.25, 0.3) is 0 Å². The van der Waals surface area contributed by atoms with Crippen LogP contribution in [0.1, 0.15) is 0 Å². The molecule has 0 aromatic carbocycles. The van der Waals surface area contributed by atoms with Crippen LogP contribution in [0.2, 0.25) is 0 Å². The highest BCUT2D eigenvalue weighted by Gasteiger charge is 2.39. The molecule has 7 nitrogen and oxygen atoms in total. The molecule has 0 saturated carbocycles. The second kappa shape index (κ2) is 5.76. The van der Waals surface area contributed by atoms with Crippen LogP contribution in [0.15, 0.2) is 0 Å². The van der Waals surface area contributed by atoms with Crippen LogP contribution in [-0.4, -0.2) is 72.3 Å². The molecule has 4 atom stereocenters. The lowest BCUT2D eigenvalue weighted by molar-refractivity contribution is -0.0939. The number of rotatable bonds is 5. The zero-order valence-corrected chi connectivity index (χ0v) is 8.41. The second-order valence-electron chi connectivity index (χ2n) is 3.42. The van der Waals surface area contributed by atoms with Gasteiger partial charge in [-0.25, -0.2) is 0 Å². The van der Waals surface area contributed by atoms with Crippen LogP contribution in [0.3, 0.4) is 0 Å². The van der Waals surface area contributed by atoms with Gasteiger partial charge in [0.15, 0.2) is 0 Å². The summed E-state index contributed by atoms with van der Waals surface area (Å²) in [5, 5.41) is 40.0. The van der Waals surface area contributed by atoms with Crippen LogP contribution in [0, 0.1) is 0 Å².